The number of nitrogens with one attached hydrogen (secondary N) is 2. The highest BCUT2D eigenvalue weighted by atomic mass is 32.2. The molecule has 1 aromatic heterocycles. The van der Waals surface area contributed by atoms with Crippen molar-refractivity contribution < 1.29 is 13.2 Å². The lowest BCUT2D eigenvalue weighted by Gasteiger charge is -2.09. The van der Waals surface area contributed by atoms with Crippen molar-refractivity contribution in [2.24, 2.45) is 0 Å². The van der Waals surface area contributed by atoms with Gasteiger partial charge >= 0.3 is 0 Å². The van der Waals surface area contributed by atoms with Gasteiger partial charge in [0.1, 0.15) is 18.1 Å². The zero-order valence-corrected chi connectivity index (χ0v) is 12.7. The summed E-state index contributed by atoms with van der Waals surface area (Å²) in [6, 6.07) is 6.78. The van der Waals surface area contributed by atoms with Gasteiger partial charge in [-0.1, -0.05) is 0 Å². The molecular weight excluding hydrogens is 292 g/mol. The van der Waals surface area contributed by atoms with Gasteiger partial charge in [0, 0.05) is 5.69 Å². The maximum Gasteiger partial charge on any atom is 0.236 e. The minimum absolute atomic E-state index is 0.0508. The molecule has 114 valence electrons. The smallest absolute Gasteiger partial charge is 0.236 e. The monoisotopic (exact) mass is 310 g/mol. The minimum Gasteiger partial charge on any atom is -0.492 e. The van der Waals surface area contributed by atoms with Gasteiger partial charge in [-0.15, -0.1) is 0 Å². The van der Waals surface area contributed by atoms with Crippen molar-refractivity contribution in [2.75, 3.05) is 22.8 Å². The summed E-state index contributed by atoms with van der Waals surface area (Å²) in [6.07, 6.45) is 0. The molecule has 0 aliphatic carbocycles. The topological polar surface area (TPSA) is 110 Å². The van der Waals surface area contributed by atoms with Gasteiger partial charge in [-0.25, -0.2) is 8.42 Å². The van der Waals surface area contributed by atoms with Crippen LogP contribution in [-0.4, -0.2) is 31.0 Å². The lowest BCUT2D eigenvalue weighted by Crippen LogP contribution is -2.21. The molecule has 1 aromatic carbocycles. The van der Waals surface area contributed by atoms with E-state index in [0.29, 0.717) is 28.5 Å². The first-order chi connectivity index (χ1) is 9.87. The number of nitrogens with two attached hydrogens (primary N) is 1. The Hall–Kier alpha value is -2.22. The third kappa shape index (κ3) is 4.12. The SMILES string of the molecule is Cc1n[nH]c(C)c1NS(=O)(=O)CCOc1ccc(N)cc1. The van der Waals surface area contributed by atoms with E-state index in [2.05, 4.69) is 14.9 Å². The maximum atomic E-state index is 12.0. The van der Waals surface area contributed by atoms with E-state index >= 15 is 0 Å². The Balaban J connectivity index is 1.91. The molecule has 0 fully saturated rings. The molecule has 0 aliphatic rings. The minimum atomic E-state index is -3.49. The predicted octanol–water partition coefficient (Wildman–Crippen LogP) is 1.43. The lowest BCUT2D eigenvalue weighted by atomic mass is 10.3. The number of sulfonamides is 1. The largest absolute Gasteiger partial charge is 0.492 e. The van der Waals surface area contributed by atoms with Crippen LogP contribution in [0.4, 0.5) is 11.4 Å². The van der Waals surface area contributed by atoms with Crippen molar-refractivity contribution in [2.45, 2.75) is 13.8 Å². The predicted molar refractivity (Wildman–Crippen MR) is 81.8 cm³/mol. The Kier molecular flexibility index (Phi) is 4.37. The summed E-state index contributed by atoms with van der Waals surface area (Å²) in [5.41, 5.74) is 7.96. The number of aromatic nitrogens is 2. The Morgan fingerprint density at radius 2 is 1.95 bits per heavy atom. The van der Waals surface area contributed by atoms with Gasteiger partial charge in [0.05, 0.1) is 17.1 Å². The molecule has 0 bridgehead atoms. The zero-order valence-electron chi connectivity index (χ0n) is 11.9. The number of hydrogen-bond donors (Lipinski definition) is 3. The number of aromatic amines is 1. The quantitative estimate of drug-likeness (QED) is 0.699. The van der Waals surface area contributed by atoms with E-state index in [4.69, 9.17) is 10.5 Å². The maximum absolute atomic E-state index is 12.0. The third-order valence-electron chi connectivity index (χ3n) is 2.89. The molecule has 8 heteroatoms. The second kappa shape index (κ2) is 6.04. The first-order valence-corrected chi connectivity index (χ1v) is 8.03. The zero-order chi connectivity index (χ0) is 15.5. The van der Waals surface area contributed by atoms with Crippen LogP contribution in [-0.2, 0) is 10.0 Å². The second-order valence-corrected chi connectivity index (χ2v) is 6.49. The van der Waals surface area contributed by atoms with E-state index in [0.717, 1.165) is 0 Å². The standard InChI is InChI=1S/C13H18N4O3S/c1-9-13(10(2)16-15-9)17-21(18,19)8-7-20-12-5-3-11(14)4-6-12/h3-6,17H,7-8,14H2,1-2H3,(H,15,16). The van der Waals surface area contributed by atoms with E-state index in [9.17, 15) is 8.42 Å². The molecular formula is C13H18N4O3S. The van der Waals surface area contributed by atoms with Gasteiger partial charge in [0.25, 0.3) is 0 Å². The van der Waals surface area contributed by atoms with Crippen molar-refractivity contribution in [3.63, 3.8) is 0 Å². The van der Waals surface area contributed by atoms with E-state index in [1.54, 1.807) is 38.1 Å². The van der Waals surface area contributed by atoms with E-state index in [1.165, 1.54) is 0 Å². The van der Waals surface area contributed by atoms with Crippen molar-refractivity contribution in [3.05, 3.63) is 35.7 Å². The Labute approximate surface area is 123 Å². The molecule has 21 heavy (non-hydrogen) atoms. The van der Waals surface area contributed by atoms with Gasteiger partial charge < -0.3 is 10.5 Å². The molecule has 0 spiro atoms. The number of benzene rings is 1. The average molecular weight is 310 g/mol. The summed E-state index contributed by atoms with van der Waals surface area (Å²) in [5.74, 6) is 0.427. The van der Waals surface area contributed by atoms with Crippen LogP contribution in [0.3, 0.4) is 0 Å². The molecule has 7 nitrogen and oxygen atoms in total. The van der Waals surface area contributed by atoms with Gasteiger partial charge in [-0.05, 0) is 38.1 Å². The Morgan fingerprint density at radius 3 is 2.52 bits per heavy atom. The summed E-state index contributed by atoms with van der Waals surface area (Å²) in [6.45, 7) is 3.53. The van der Waals surface area contributed by atoms with E-state index in [-0.39, 0.29) is 12.4 Å². The highest BCUT2D eigenvalue weighted by molar-refractivity contribution is 7.92. The van der Waals surface area contributed by atoms with E-state index < -0.39 is 10.0 Å². The molecule has 0 aliphatic heterocycles. The molecule has 0 amide bonds. The third-order valence-corrected chi connectivity index (χ3v) is 4.11. The summed E-state index contributed by atoms with van der Waals surface area (Å²) < 4.78 is 31.9. The number of ether oxygens (including phenoxy) is 1. The molecule has 0 unspecified atom stereocenters. The number of anilines is 2. The lowest BCUT2D eigenvalue weighted by molar-refractivity contribution is 0.341. The first kappa shape index (κ1) is 15.2. The summed E-state index contributed by atoms with van der Waals surface area (Å²) >= 11 is 0. The molecule has 2 rings (SSSR count). The van der Waals surface area contributed by atoms with Crippen LogP contribution in [0.15, 0.2) is 24.3 Å². The summed E-state index contributed by atoms with van der Waals surface area (Å²) in [5, 5.41) is 6.67. The fraction of sp³-hybridized carbons (Fsp3) is 0.308. The normalized spacial score (nSPS) is 11.3. The van der Waals surface area contributed by atoms with Gasteiger partial charge in [-0.3, -0.25) is 9.82 Å². The average Bonchev–Trinajstić information content (AvgIpc) is 2.72. The van der Waals surface area contributed by atoms with Crippen LogP contribution >= 0.6 is 0 Å². The first-order valence-electron chi connectivity index (χ1n) is 6.38. The molecule has 0 saturated heterocycles. The number of nitrogen functional groups attached to an aromatic ring is 1. The summed E-state index contributed by atoms with van der Waals surface area (Å²) in [4.78, 5) is 0. The molecule has 4 N–H and O–H groups in total. The Morgan fingerprint density at radius 1 is 1.29 bits per heavy atom. The van der Waals surface area contributed by atoms with Crippen LogP contribution in [0.2, 0.25) is 0 Å². The number of aryl methyl sites for hydroxylation is 2. The van der Waals surface area contributed by atoms with E-state index in [1.807, 2.05) is 0 Å². The number of nitrogens with zero attached hydrogens (tertiary/aromatic N) is 1. The van der Waals surface area contributed by atoms with Crippen LogP contribution in [0.5, 0.6) is 5.75 Å². The number of hydrogen-bond acceptors (Lipinski definition) is 5. The highest BCUT2D eigenvalue weighted by Gasteiger charge is 2.15. The fourth-order valence-corrected chi connectivity index (χ4v) is 2.76. The van der Waals surface area contributed by atoms with Crippen LogP contribution in [0.25, 0.3) is 0 Å². The number of H-pyrrole nitrogens is 1. The molecule has 0 radical (unpaired) electrons. The van der Waals surface area contributed by atoms with Crippen molar-refractivity contribution in [3.8, 4) is 5.75 Å². The Bertz CT molecular complexity index is 688. The second-order valence-electron chi connectivity index (χ2n) is 4.65. The summed E-state index contributed by atoms with van der Waals surface area (Å²) in [7, 11) is -3.49. The fourth-order valence-electron chi connectivity index (χ4n) is 1.74. The molecule has 2 aromatic rings. The number of rotatable bonds is 6. The molecule has 1 heterocycles. The van der Waals surface area contributed by atoms with Crippen molar-refractivity contribution in [1.29, 1.82) is 0 Å². The van der Waals surface area contributed by atoms with Crippen molar-refractivity contribution >= 4 is 21.4 Å². The van der Waals surface area contributed by atoms with Gasteiger partial charge in [0.2, 0.25) is 10.0 Å². The molecule has 0 saturated carbocycles. The molecule has 0 atom stereocenters. The van der Waals surface area contributed by atoms with Crippen LogP contribution in [0.1, 0.15) is 11.4 Å². The van der Waals surface area contributed by atoms with Gasteiger partial charge in [0.15, 0.2) is 0 Å². The van der Waals surface area contributed by atoms with Gasteiger partial charge in [-0.2, -0.15) is 5.10 Å². The van der Waals surface area contributed by atoms with Crippen molar-refractivity contribution in [1.82, 2.24) is 10.2 Å². The van der Waals surface area contributed by atoms with Crippen LogP contribution in [0, 0.1) is 13.8 Å². The van der Waals surface area contributed by atoms with Crippen LogP contribution < -0.4 is 15.2 Å². The highest BCUT2D eigenvalue weighted by Crippen LogP contribution is 2.18.